The summed E-state index contributed by atoms with van der Waals surface area (Å²) in [6.45, 7) is 0. The first-order valence-corrected chi connectivity index (χ1v) is 44.4. The van der Waals surface area contributed by atoms with Gasteiger partial charge in [0.1, 0.15) is 0 Å². The molecule has 9 nitrogen and oxygen atoms in total. The summed E-state index contributed by atoms with van der Waals surface area (Å²) in [6.07, 6.45) is 0. The Morgan fingerprint density at radius 3 is 0.523 bits per heavy atom. The molecule has 0 aliphatic heterocycles. The van der Waals surface area contributed by atoms with Gasteiger partial charge in [0.15, 0.2) is 52.4 Å². The van der Waals surface area contributed by atoms with E-state index in [0.717, 1.165) is 77.9 Å². The van der Waals surface area contributed by atoms with Crippen LogP contribution in [0.2, 0.25) is 0 Å². The highest BCUT2D eigenvalue weighted by molar-refractivity contribution is 6.23. The van der Waals surface area contributed by atoms with E-state index in [9.17, 15) is 0 Å². The molecule has 0 saturated heterocycles. The minimum Gasteiger partial charge on any atom is -0.208 e. The molecule has 616 valence electrons. The molecule has 0 aliphatic rings. The highest BCUT2D eigenvalue weighted by Gasteiger charge is 2.21. The largest absolute Gasteiger partial charge is 0.208 e. The summed E-state index contributed by atoms with van der Waals surface area (Å²) in [7, 11) is 0. The summed E-state index contributed by atoms with van der Waals surface area (Å²) in [5.41, 5.74) is 17.9. The molecule has 0 saturated carbocycles. The van der Waals surface area contributed by atoms with Crippen LogP contribution < -0.4 is 0 Å². The molecular weight excluding hydrogens is 1600 g/mol. The summed E-state index contributed by atoms with van der Waals surface area (Å²) in [6, 6.07) is 167. The van der Waals surface area contributed by atoms with E-state index in [1.54, 1.807) is 0 Å². The lowest BCUT2D eigenvalue weighted by atomic mass is 9.95. The second-order valence-corrected chi connectivity index (χ2v) is 33.1. The van der Waals surface area contributed by atoms with E-state index in [-0.39, 0.29) is 0 Å². The van der Waals surface area contributed by atoms with Crippen LogP contribution in [-0.2, 0) is 0 Å². The lowest BCUT2D eigenvalue weighted by Gasteiger charge is -2.12. The van der Waals surface area contributed by atoms with Crippen LogP contribution in [-0.4, -0.2) is 44.9 Å². The van der Waals surface area contributed by atoms with Crippen molar-refractivity contribution in [3.63, 3.8) is 0 Å². The van der Waals surface area contributed by atoms with E-state index >= 15 is 0 Å². The number of rotatable bonds is 13. The molecule has 0 spiro atoms. The third kappa shape index (κ3) is 15.8. The molecule has 0 radical (unpaired) electrons. The zero-order chi connectivity index (χ0) is 87.6. The van der Waals surface area contributed by atoms with Crippen molar-refractivity contribution in [3.05, 3.63) is 479 Å². The number of hydrogen-bond acceptors (Lipinski definition) is 9. The first kappa shape index (κ1) is 78.9. The Bertz CT molecular complexity index is 8530. The third-order valence-electron chi connectivity index (χ3n) is 24.9. The third-order valence-corrected chi connectivity index (χ3v) is 24.9. The second-order valence-electron chi connectivity index (χ2n) is 33.1. The average Bonchev–Trinajstić information content (AvgIpc) is 0.756. The molecule has 22 aromatic carbocycles. The standard InChI is InChI=1S/C45H29N3.2C39H25N3/c1-3-9-30(10-4-1)32-15-24-37(25-16-32)43-46-44(38-26-17-33(18-27-38)31-11-5-2-6-12-31)48-45(47-43)39-28-21-35-20-23-36-22-19-34-13-7-8-14-40(34)42(36)41(35)29-39;1-3-10-26(11-4-1)31-15-9-16-32(24-31)38-40-37(30-13-5-2-6-14-30)41-39(42-38)33-23-20-28-19-22-29-21-18-27-12-7-8-17-34(27)36(29)35(28)25-33;1-3-9-26(10-4-1)27-15-22-32(23-16-27)38-40-37(31-12-5-2-6-13-31)41-39(42-38)33-24-19-29-18-21-30-20-17-28-11-7-8-14-34(28)36(30)35(29)25-33/h1-29H;2*1-25H. The van der Waals surface area contributed by atoms with Crippen LogP contribution >= 0.6 is 0 Å². The number of hydrogen-bond donors (Lipinski definition) is 0. The zero-order valence-corrected chi connectivity index (χ0v) is 71.6. The highest BCUT2D eigenvalue weighted by Crippen LogP contribution is 2.41. The van der Waals surface area contributed by atoms with E-state index in [0.29, 0.717) is 52.4 Å². The average molecular weight is 1680 g/mol. The van der Waals surface area contributed by atoms with Gasteiger partial charge in [0.05, 0.1) is 0 Å². The molecule has 25 rings (SSSR count). The molecule has 0 N–H and O–H groups in total. The summed E-state index contributed by atoms with van der Waals surface area (Å²) in [5.74, 6) is 5.87. The summed E-state index contributed by atoms with van der Waals surface area (Å²) >= 11 is 0. The van der Waals surface area contributed by atoms with Gasteiger partial charge in [-0.15, -0.1) is 0 Å². The minimum absolute atomic E-state index is 0.644. The molecule has 0 bridgehead atoms. The van der Waals surface area contributed by atoms with Crippen LogP contribution in [0, 0.1) is 0 Å². The molecule has 3 heterocycles. The first-order valence-electron chi connectivity index (χ1n) is 44.4. The lowest BCUT2D eigenvalue weighted by Crippen LogP contribution is -2.00. The number of aromatic nitrogens is 9. The topological polar surface area (TPSA) is 116 Å². The maximum Gasteiger partial charge on any atom is 0.164 e. The fraction of sp³-hybridized carbons (Fsp3) is 0. The van der Waals surface area contributed by atoms with Crippen LogP contribution in [0.3, 0.4) is 0 Å². The molecule has 132 heavy (non-hydrogen) atoms. The van der Waals surface area contributed by atoms with Crippen molar-refractivity contribution in [2.24, 2.45) is 0 Å². The van der Waals surface area contributed by atoms with Crippen molar-refractivity contribution in [2.75, 3.05) is 0 Å². The molecular formula is C123H79N9. The van der Waals surface area contributed by atoms with Crippen molar-refractivity contribution < 1.29 is 0 Å². The van der Waals surface area contributed by atoms with Crippen LogP contribution in [0.25, 0.3) is 244 Å². The smallest absolute Gasteiger partial charge is 0.164 e. The van der Waals surface area contributed by atoms with Gasteiger partial charge in [-0.05, 0) is 166 Å². The van der Waals surface area contributed by atoms with Gasteiger partial charge in [-0.2, -0.15) is 0 Å². The van der Waals surface area contributed by atoms with Crippen molar-refractivity contribution in [1.82, 2.24) is 44.9 Å². The summed E-state index contributed by atoms with van der Waals surface area (Å²) in [4.78, 5) is 45.2. The van der Waals surface area contributed by atoms with Crippen LogP contribution in [0.15, 0.2) is 479 Å². The molecule has 0 aliphatic carbocycles. The number of benzene rings is 22. The predicted molar refractivity (Wildman–Crippen MR) is 548 cm³/mol. The Kier molecular flexibility index (Phi) is 20.8. The van der Waals surface area contributed by atoms with Gasteiger partial charge in [0.25, 0.3) is 0 Å². The van der Waals surface area contributed by atoms with Gasteiger partial charge >= 0.3 is 0 Å². The van der Waals surface area contributed by atoms with Gasteiger partial charge in [0.2, 0.25) is 0 Å². The minimum atomic E-state index is 0.644. The zero-order valence-electron chi connectivity index (χ0n) is 71.6. The molecule has 0 unspecified atom stereocenters. The van der Waals surface area contributed by atoms with E-state index in [4.69, 9.17) is 44.9 Å². The molecule has 3 aromatic heterocycles. The van der Waals surface area contributed by atoms with E-state index in [1.165, 1.54) is 114 Å². The Balaban J connectivity index is 0.000000113. The van der Waals surface area contributed by atoms with Crippen molar-refractivity contribution >= 4 is 97.0 Å². The van der Waals surface area contributed by atoms with E-state index in [2.05, 4.69) is 394 Å². The number of fused-ring (bicyclic) bond motifs is 15. The van der Waals surface area contributed by atoms with Crippen molar-refractivity contribution in [1.29, 1.82) is 0 Å². The SMILES string of the molecule is c1ccc(-c2ccc(-c3nc(-c4ccc(-c5ccccc5)cc4)nc(-c4ccc5ccc6ccc7ccccc7c6c5c4)n3)cc2)cc1.c1ccc(-c2ccc(-c3nc(-c4ccccc4)nc(-c4ccc5ccc6ccc7ccccc7c6c5c4)n3)cc2)cc1.c1ccc(-c2cccc(-c3nc(-c4ccccc4)nc(-c4ccc5ccc6ccc7ccccc7c6c5c4)n3)c2)cc1. The van der Waals surface area contributed by atoms with Gasteiger partial charge in [0, 0.05) is 50.1 Å². The van der Waals surface area contributed by atoms with Crippen LogP contribution in [0.1, 0.15) is 0 Å². The predicted octanol–water partition coefficient (Wildman–Crippen LogP) is 31.7. The fourth-order valence-electron chi connectivity index (χ4n) is 18.2. The van der Waals surface area contributed by atoms with Crippen LogP contribution in [0.5, 0.6) is 0 Å². The summed E-state index contributed by atoms with van der Waals surface area (Å²) < 4.78 is 0. The van der Waals surface area contributed by atoms with Crippen LogP contribution in [0.4, 0.5) is 0 Å². The maximum atomic E-state index is 5.09. The van der Waals surface area contributed by atoms with Gasteiger partial charge in [-0.3, -0.25) is 0 Å². The lowest BCUT2D eigenvalue weighted by molar-refractivity contribution is 1.07. The van der Waals surface area contributed by atoms with E-state index < -0.39 is 0 Å². The molecule has 25 aromatic rings. The number of nitrogens with zero attached hydrogens (tertiary/aromatic N) is 9. The van der Waals surface area contributed by atoms with Crippen molar-refractivity contribution in [2.45, 2.75) is 0 Å². The Morgan fingerprint density at radius 1 is 0.0909 bits per heavy atom. The maximum absolute atomic E-state index is 5.09. The quantitative estimate of drug-likeness (QED) is 0.104. The van der Waals surface area contributed by atoms with Crippen molar-refractivity contribution in [3.8, 4) is 147 Å². The monoisotopic (exact) mass is 1680 g/mol. The van der Waals surface area contributed by atoms with Gasteiger partial charge in [-0.1, -0.05) is 455 Å². The molecule has 0 amide bonds. The first-order chi connectivity index (χ1) is 65.4. The van der Waals surface area contributed by atoms with Gasteiger partial charge in [-0.25, -0.2) is 44.9 Å². The second kappa shape index (κ2) is 34.9. The Morgan fingerprint density at radius 2 is 0.250 bits per heavy atom. The van der Waals surface area contributed by atoms with E-state index in [1.807, 2.05) is 84.9 Å². The fourth-order valence-corrected chi connectivity index (χ4v) is 18.2. The van der Waals surface area contributed by atoms with Gasteiger partial charge < -0.3 is 0 Å². The Hall–Kier alpha value is -17.8. The molecule has 9 heteroatoms. The normalized spacial score (nSPS) is 11.3. The Labute approximate surface area is 762 Å². The highest BCUT2D eigenvalue weighted by atomic mass is 15.1. The summed E-state index contributed by atoms with van der Waals surface area (Å²) in [5, 5.41) is 22.0. The molecule has 0 atom stereocenters. The molecule has 0 fully saturated rings.